The molecule has 3 nitrogen and oxygen atoms in total. The number of alkyl halides is 3. The molecule has 0 bridgehead atoms. The molecule has 1 heterocycles. The van der Waals surface area contributed by atoms with Crippen molar-refractivity contribution in [3.05, 3.63) is 0 Å². The molecule has 1 rings (SSSR count). The van der Waals surface area contributed by atoms with Crippen LogP contribution in [0, 0.1) is 0 Å². The van der Waals surface area contributed by atoms with Crippen molar-refractivity contribution < 1.29 is 18.0 Å². The van der Waals surface area contributed by atoms with Gasteiger partial charge in [0.05, 0.1) is 0 Å². The zero-order valence-corrected chi connectivity index (χ0v) is 6.79. The van der Waals surface area contributed by atoms with Crippen molar-refractivity contribution in [1.29, 1.82) is 0 Å². The number of carbonyl (C=O) groups is 1. The van der Waals surface area contributed by atoms with Crippen LogP contribution in [0.5, 0.6) is 0 Å². The monoisotopic (exact) mass is 198 g/mol. The minimum Gasteiger partial charge on any atom is -0.378 e. The van der Waals surface area contributed by atoms with Gasteiger partial charge in [-0.05, 0) is 6.92 Å². The molecule has 0 radical (unpaired) electrons. The zero-order chi connectivity index (χ0) is 9.57. The van der Waals surface area contributed by atoms with Crippen LogP contribution in [0.25, 0.3) is 0 Å². The van der Waals surface area contributed by atoms with Gasteiger partial charge in [0, 0.05) is 0 Å². The first-order chi connectivity index (χ1) is 5.27. The Morgan fingerprint density at radius 3 is 2.25 bits per heavy atom. The number of nitrogens with zero attached hydrogens (tertiary/aromatic N) is 1. The van der Waals surface area contributed by atoms with E-state index >= 15 is 0 Å². The lowest BCUT2D eigenvalue weighted by Gasteiger charge is -2.22. The van der Waals surface area contributed by atoms with Gasteiger partial charge in [-0.1, -0.05) is 11.8 Å². The van der Waals surface area contributed by atoms with Gasteiger partial charge in [-0.2, -0.15) is 18.2 Å². The number of carbonyl (C=O) groups excluding carboxylic acids is 1. The van der Waals surface area contributed by atoms with Crippen molar-refractivity contribution in [2.45, 2.75) is 17.8 Å². The first-order valence-corrected chi connectivity index (χ1v) is 3.73. The third-order valence-electron chi connectivity index (χ3n) is 1.47. The van der Waals surface area contributed by atoms with Gasteiger partial charge in [-0.25, -0.2) is 0 Å². The molecule has 7 heteroatoms. The summed E-state index contributed by atoms with van der Waals surface area (Å²) in [6, 6.07) is 0. The van der Waals surface area contributed by atoms with Crippen LogP contribution >= 0.6 is 11.8 Å². The summed E-state index contributed by atoms with van der Waals surface area (Å²) in [6.45, 7) is 0.767. The van der Waals surface area contributed by atoms with Crippen molar-refractivity contribution in [3.8, 4) is 0 Å². The Hall–Kier alpha value is -0.720. The van der Waals surface area contributed by atoms with Crippen molar-refractivity contribution in [3.63, 3.8) is 0 Å². The molecule has 0 fully saturated rings. The zero-order valence-electron chi connectivity index (χ0n) is 5.97. The van der Waals surface area contributed by atoms with Crippen LogP contribution in [-0.2, 0) is 4.79 Å². The highest BCUT2D eigenvalue weighted by molar-refractivity contribution is 8.16. The van der Waals surface area contributed by atoms with Crippen LogP contribution in [0.2, 0.25) is 0 Å². The number of rotatable bonds is 0. The van der Waals surface area contributed by atoms with E-state index in [1.807, 2.05) is 0 Å². The average Bonchev–Trinajstić information content (AvgIpc) is 2.06. The van der Waals surface area contributed by atoms with Crippen LogP contribution in [0.4, 0.5) is 13.2 Å². The maximum atomic E-state index is 12.2. The number of hydrogen-bond acceptors (Lipinski definition) is 3. The standard InChI is InChI=1S/C5H5F3N2OS/c1-4(5(6,7)8)2(11)10-3(9)12-4/h1H3,(H2,9,10,11). The molecule has 0 aromatic rings. The van der Waals surface area contributed by atoms with Crippen molar-refractivity contribution in [2.24, 2.45) is 10.7 Å². The van der Waals surface area contributed by atoms with Gasteiger partial charge in [-0.3, -0.25) is 4.79 Å². The summed E-state index contributed by atoms with van der Waals surface area (Å²) in [5.74, 6) is -1.24. The van der Waals surface area contributed by atoms with Gasteiger partial charge >= 0.3 is 6.18 Å². The lowest BCUT2D eigenvalue weighted by Crippen LogP contribution is -2.43. The van der Waals surface area contributed by atoms with Gasteiger partial charge in [0.15, 0.2) is 9.91 Å². The molecule has 12 heavy (non-hydrogen) atoms. The summed E-state index contributed by atoms with van der Waals surface area (Å²) in [6.07, 6.45) is -4.61. The highest BCUT2D eigenvalue weighted by atomic mass is 32.2. The first kappa shape index (κ1) is 9.37. The van der Waals surface area contributed by atoms with Crippen molar-refractivity contribution in [1.82, 2.24) is 0 Å². The molecule has 1 aliphatic rings. The number of nitrogens with two attached hydrogens (primary N) is 1. The number of halogens is 3. The molecule has 0 aromatic carbocycles. The molecule has 1 unspecified atom stereocenters. The summed E-state index contributed by atoms with van der Waals surface area (Å²) in [5.41, 5.74) is 4.99. The first-order valence-electron chi connectivity index (χ1n) is 2.92. The second-order valence-corrected chi connectivity index (χ2v) is 3.83. The molecular weight excluding hydrogens is 193 g/mol. The maximum absolute atomic E-state index is 12.2. The van der Waals surface area contributed by atoms with E-state index in [0.29, 0.717) is 0 Å². The SMILES string of the molecule is CC1(C(F)(F)F)SC(N)=NC1=O. The number of amides is 1. The lowest BCUT2D eigenvalue weighted by atomic mass is 10.1. The predicted molar refractivity (Wildman–Crippen MR) is 38.7 cm³/mol. The summed E-state index contributed by atoms with van der Waals surface area (Å²) < 4.78 is 34.1. The number of thioether (sulfide) groups is 1. The second kappa shape index (κ2) is 2.38. The number of hydrogen-bond donors (Lipinski definition) is 1. The fourth-order valence-corrected chi connectivity index (χ4v) is 1.46. The van der Waals surface area contributed by atoms with Gasteiger partial charge < -0.3 is 5.73 Å². The van der Waals surface area contributed by atoms with E-state index in [9.17, 15) is 18.0 Å². The number of amidine groups is 1. The molecule has 0 aliphatic carbocycles. The van der Waals surface area contributed by atoms with Crippen LogP contribution in [0.15, 0.2) is 4.99 Å². The van der Waals surface area contributed by atoms with E-state index in [4.69, 9.17) is 5.73 Å². The minimum atomic E-state index is -4.61. The molecule has 1 aliphatic heterocycles. The fourth-order valence-electron chi connectivity index (χ4n) is 0.661. The van der Waals surface area contributed by atoms with E-state index in [0.717, 1.165) is 6.92 Å². The molecule has 0 saturated carbocycles. The van der Waals surface area contributed by atoms with Gasteiger partial charge in [0.2, 0.25) is 0 Å². The van der Waals surface area contributed by atoms with Crippen LogP contribution in [0.1, 0.15) is 6.92 Å². The maximum Gasteiger partial charge on any atom is 0.412 e. The Morgan fingerprint density at radius 2 is 2.08 bits per heavy atom. The fraction of sp³-hybridized carbons (Fsp3) is 0.600. The highest BCUT2D eigenvalue weighted by Crippen LogP contribution is 2.45. The van der Waals surface area contributed by atoms with Gasteiger partial charge in [0.1, 0.15) is 0 Å². The lowest BCUT2D eigenvalue weighted by molar-refractivity contribution is -0.165. The Kier molecular flexibility index (Phi) is 1.86. The molecule has 2 N–H and O–H groups in total. The number of aliphatic imine (C=N–C) groups is 1. The molecule has 0 spiro atoms. The third-order valence-corrected chi connectivity index (χ3v) is 2.58. The van der Waals surface area contributed by atoms with E-state index in [1.165, 1.54) is 0 Å². The van der Waals surface area contributed by atoms with E-state index in [-0.39, 0.29) is 16.9 Å². The molecule has 0 aromatic heterocycles. The van der Waals surface area contributed by atoms with E-state index in [2.05, 4.69) is 4.99 Å². The van der Waals surface area contributed by atoms with Gasteiger partial charge in [0.25, 0.3) is 5.91 Å². The summed E-state index contributed by atoms with van der Waals surface area (Å²) in [4.78, 5) is 13.8. The minimum absolute atomic E-state index is 0.236. The average molecular weight is 198 g/mol. The smallest absolute Gasteiger partial charge is 0.378 e. The summed E-state index contributed by atoms with van der Waals surface area (Å²) in [7, 11) is 0. The third kappa shape index (κ3) is 1.17. The Bertz CT molecular complexity index is 262. The van der Waals surface area contributed by atoms with Crippen LogP contribution < -0.4 is 5.73 Å². The normalized spacial score (nSPS) is 30.7. The Morgan fingerprint density at radius 1 is 1.58 bits per heavy atom. The Balaban J connectivity index is 2.99. The molecule has 1 atom stereocenters. The largest absolute Gasteiger partial charge is 0.412 e. The topological polar surface area (TPSA) is 55.4 Å². The molecule has 1 amide bonds. The van der Waals surface area contributed by atoms with E-state index in [1.54, 1.807) is 0 Å². The van der Waals surface area contributed by atoms with Crippen LogP contribution in [-0.4, -0.2) is 22.0 Å². The predicted octanol–water partition coefficient (Wildman–Crippen LogP) is 0.896. The van der Waals surface area contributed by atoms with Crippen molar-refractivity contribution in [2.75, 3.05) is 0 Å². The molecular formula is C5H5F3N2OS. The highest BCUT2D eigenvalue weighted by Gasteiger charge is 2.60. The van der Waals surface area contributed by atoms with Crippen LogP contribution in [0.3, 0.4) is 0 Å². The summed E-state index contributed by atoms with van der Waals surface area (Å²) in [5, 5.41) is -0.333. The molecule has 0 saturated heterocycles. The quantitative estimate of drug-likeness (QED) is 0.629. The Labute approximate surface area is 70.2 Å². The molecule has 68 valence electrons. The second-order valence-electron chi connectivity index (χ2n) is 2.39. The summed E-state index contributed by atoms with van der Waals surface area (Å²) >= 11 is 0.236. The van der Waals surface area contributed by atoms with E-state index < -0.39 is 16.8 Å². The van der Waals surface area contributed by atoms with Crippen molar-refractivity contribution >= 4 is 22.8 Å². The van der Waals surface area contributed by atoms with Gasteiger partial charge in [-0.15, -0.1) is 0 Å².